The second kappa shape index (κ2) is 5.54. The highest BCUT2D eigenvalue weighted by Gasteiger charge is 2.19. The van der Waals surface area contributed by atoms with Gasteiger partial charge in [-0.3, -0.25) is 14.2 Å². The van der Waals surface area contributed by atoms with Crippen LogP contribution in [0.4, 0.5) is 5.69 Å². The number of sulfonamides is 1. The van der Waals surface area contributed by atoms with E-state index in [4.69, 9.17) is 10.8 Å². The molecule has 0 unspecified atom stereocenters. The van der Waals surface area contributed by atoms with Crippen molar-refractivity contribution >= 4 is 38.9 Å². The van der Waals surface area contributed by atoms with Crippen LogP contribution in [0.25, 0.3) is 0 Å². The molecule has 2 heterocycles. The molecule has 0 saturated heterocycles. The van der Waals surface area contributed by atoms with E-state index in [0.717, 1.165) is 17.4 Å². The molecule has 2 rings (SSSR count). The Labute approximate surface area is 123 Å². The summed E-state index contributed by atoms with van der Waals surface area (Å²) in [6, 6.07) is 1.06. The number of hydrogen-bond acceptors (Lipinski definition) is 6. The summed E-state index contributed by atoms with van der Waals surface area (Å²) in [4.78, 5) is 21.2. The van der Waals surface area contributed by atoms with Crippen LogP contribution in [0.2, 0.25) is 0 Å². The minimum absolute atomic E-state index is 0.0835. The van der Waals surface area contributed by atoms with Crippen molar-refractivity contribution in [2.45, 2.75) is 11.4 Å². The highest BCUT2D eigenvalue weighted by atomic mass is 32.2. The number of carboxylic acid groups (broad SMARTS) is 1. The summed E-state index contributed by atoms with van der Waals surface area (Å²) in [6.07, 6.45) is 2.51. The van der Waals surface area contributed by atoms with Gasteiger partial charge in [0.25, 0.3) is 10.0 Å². The van der Waals surface area contributed by atoms with Gasteiger partial charge >= 0.3 is 5.97 Å². The Hall–Kier alpha value is -2.40. The van der Waals surface area contributed by atoms with E-state index in [-0.39, 0.29) is 22.0 Å². The molecule has 0 saturated carbocycles. The summed E-state index contributed by atoms with van der Waals surface area (Å²) in [5, 5.41) is 13.8. The molecule has 1 amide bonds. The SMILES string of the molecule is NC(=O)Cn1cc(NS(=O)(=O)c2csc(C(=O)O)c2)cn1. The van der Waals surface area contributed by atoms with Gasteiger partial charge in [-0.15, -0.1) is 11.3 Å². The van der Waals surface area contributed by atoms with E-state index in [1.54, 1.807) is 0 Å². The van der Waals surface area contributed by atoms with Crippen LogP contribution in [0.15, 0.2) is 28.7 Å². The highest BCUT2D eigenvalue weighted by molar-refractivity contribution is 7.92. The van der Waals surface area contributed by atoms with E-state index in [2.05, 4.69) is 9.82 Å². The van der Waals surface area contributed by atoms with Gasteiger partial charge in [0.05, 0.1) is 16.8 Å². The number of anilines is 1. The van der Waals surface area contributed by atoms with Gasteiger partial charge in [0.1, 0.15) is 11.4 Å². The fraction of sp³-hybridized carbons (Fsp3) is 0.100. The van der Waals surface area contributed by atoms with E-state index in [1.165, 1.54) is 22.5 Å². The average Bonchev–Trinajstić information content (AvgIpc) is 2.97. The number of nitrogens with two attached hydrogens (primary N) is 1. The zero-order valence-corrected chi connectivity index (χ0v) is 12.0. The van der Waals surface area contributed by atoms with E-state index in [0.29, 0.717) is 0 Å². The third kappa shape index (κ3) is 3.58. The summed E-state index contributed by atoms with van der Waals surface area (Å²) in [5.41, 5.74) is 5.13. The number of carbonyl (C=O) groups excluding carboxylic acids is 1. The van der Waals surface area contributed by atoms with Gasteiger partial charge in [0.2, 0.25) is 5.91 Å². The molecule has 21 heavy (non-hydrogen) atoms. The molecule has 0 spiro atoms. The normalized spacial score (nSPS) is 11.2. The highest BCUT2D eigenvalue weighted by Crippen LogP contribution is 2.21. The maximum atomic E-state index is 12.0. The first-order chi connectivity index (χ1) is 9.78. The lowest BCUT2D eigenvalue weighted by Crippen LogP contribution is -2.18. The molecule has 112 valence electrons. The Morgan fingerprint density at radius 3 is 2.76 bits per heavy atom. The first-order valence-electron chi connectivity index (χ1n) is 5.43. The Morgan fingerprint density at radius 1 is 1.48 bits per heavy atom. The standard InChI is InChI=1S/C10H10N4O5S2/c11-9(15)4-14-3-6(2-12-14)13-21(18,19)7-1-8(10(16)17)20-5-7/h1-3,5,13H,4H2,(H2,11,15)(H,16,17). The smallest absolute Gasteiger partial charge is 0.345 e. The summed E-state index contributed by atoms with van der Waals surface area (Å²) in [7, 11) is -3.91. The molecule has 2 aromatic rings. The Morgan fingerprint density at radius 2 is 2.19 bits per heavy atom. The van der Waals surface area contributed by atoms with Gasteiger partial charge in [-0.05, 0) is 6.07 Å². The minimum Gasteiger partial charge on any atom is -0.477 e. The van der Waals surface area contributed by atoms with Crippen LogP contribution in [0, 0.1) is 0 Å². The van der Waals surface area contributed by atoms with Crippen molar-refractivity contribution in [3.63, 3.8) is 0 Å². The number of carbonyl (C=O) groups is 2. The van der Waals surface area contributed by atoms with Crippen LogP contribution in [0.3, 0.4) is 0 Å². The molecule has 0 aliphatic carbocycles. The zero-order valence-electron chi connectivity index (χ0n) is 10.4. The maximum Gasteiger partial charge on any atom is 0.345 e. The topological polar surface area (TPSA) is 144 Å². The molecule has 2 aromatic heterocycles. The number of amides is 1. The molecule has 4 N–H and O–H groups in total. The lowest BCUT2D eigenvalue weighted by atomic mass is 10.5. The van der Waals surface area contributed by atoms with E-state index in [9.17, 15) is 18.0 Å². The molecule has 0 fully saturated rings. The van der Waals surface area contributed by atoms with Crippen molar-refractivity contribution in [2.75, 3.05) is 4.72 Å². The van der Waals surface area contributed by atoms with Crippen LogP contribution >= 0.6 is 11.3 Å². The van der Waals surface area contributed by atoms with Crippen molar-refractivity contribution in [3.8, 4) is 0 Å². The zero-order chi connectivity index (χ0) is 15.6. The summed E-state index contributed by atoms with van der Waals surface area (Å²) >= 11 is 0.808. The third-order valence-corrected chi connectivity index (χ3v) is 4.73. The van der Waals surface area contributed by atoms with E-state index in [1.807, 2.05) is 0 Å². The number of rotatable bonds is 6. The number of carboxylic acids is 1. The van der Waals surface area contributed by atoms with Gasteiger partial charge in [-0.25, -0.2) is 13.2 Å². The lowest BCUT2D eigenvalue weighted by molar-refractivity contribution is -0.118. The molecule has 11 heteroatoms. The maximum absolute atomic E-state index is 12.0. The molecule has 0 bridgehead atoms. The van der Waals surface area contributed by atoms with Crippen LogP contribution in [-0.2, 0) is 21.4 Å². The number of thiophene rings is 1. The summed E-state index contributed by atoms with van der Waals surface area (Å²) < 4.78 is 27.5. The van der Waals surface area contributed by atoms with Crippen molar-refractivity contribution in [2.24, 2.45) is 5.73 Å². The van der Waals surface area contributed by atoms with E-state index >= 15 is 0 Å². The summed E-state index contributed by atoms with van der Waals surface area (Å²) in [5.74, 6) is -1.81. The largest absolute Gasteiger partial charge is 0.477 e. The molecular weight excluding hydrogens is 320 g/mol. The average molecular weight is 330 g/mol. The number of primary amides is 1. The van der Waals surface area contributed by atoms with Gasteiger partial charge in [0.15, 0.2) is 0 Å². The number of nitrogens with zero attached hydrogens (tertiary/aromatic N) is 2. The third-order valence-electron chi connectivity index (χ3n) is 2.30. The van der Waals surface area contributed by atoms with Gasteiger partial charge in [0, 0.05) is 11.6 Å². The first-order valence-corrected chi connectivity index (χ1v) is 7.79. The minimum atomic E-state index is -3.91. The summed E-state index contributed by atoms with van der Waals surface area (Å²) in [6.45, 7) is -0.177. The molecule has 0 atom stereocenters. The second-order valence-electron chi connectivity index (χ2n) is 3.95. The molecular formula is C10H10N4O5S2. The fourth-order valence-corrected chi connectivity index (χ4v) is 3.59. The second-order valence-corrected chi connectivity index (χ2v) is 6.54. The van der Waals surface area contributed by atoms with Gasteiger partial charge < -0.3 is 10.8 Å². The van der Waals surface area contributed by atoms with E-state index < -0.39 is 21.9 Å². The van der Waals surface area contributed by atoms with Gasteiger partial charge in [-0.2, -0.15) is 5.10 Å². The Bertz CT molecular complexity index is 792. The molecule has 0 aliphatic heterocycles. The van der Waals surface area contributed by atoms with Crippen LogP contribution < -0.4 is 10.5 Å². The van der Waals surface area contributed by atoms with Gasteiger partial charge in [-0.1, -0.05) is 0 Å². The van der Waals surface area contributed by atoms with Crippen molar-refractivity contribution in [3.05, 3.63) is 28.7 Å². The first kappa shape index (κ1) is 15.0. The van der Waals surface area contributed by atoms with Crippen LogP contribution in [0.1, 0.15) is 9.67 Å². The number of aromatic nitrogens is 2. The molecule has 0 radical (unpaired) electrons. The predicted molar refractivity (Wildman–Crippen MR) is 73.5 cm³/mol. The Kier molecular flexibility index (Phi) is 3.95. The van der Waals surface area contributed by atoms with Crippen LogP contribution in [-0.4, -0.2) is 35.2 Å². The number of nitrogens with one attached hydrogen (secondary N) is 1. The quantitative estimate of drug-likeness (QED) is 0.676. The molecule has 0 aliphatic rings. The predicted octanol–water partition coefficient (Wildman–Crippen LogP) is -0.0711. The van der Waals surface area contributed by atoms with Crippen molar-refractivity contribution < 1.29 is 23.1 Å². The van der Waals surface area contributed by atoms with Crippen LogP contribution in [0.5, 0.6) is 0 Å². The van der Waals surface area contributed by atoms with Crippen molar-refractivity contribution in [1.29, 1.82) is 0 Å². The monoisotopic (exact) mass is 330 g/mol. The Balaban J connectivity index is 2.18. The lowest BCUT2D eigenvalue weighted by Gasteiger charge is -2.02. The number of aromatic carboxylic acids is 1. The molecule has 9 nitrogen and oxygen atoms in total. The fourth-order valence-electron chi connectivity index (χ4n) is 1.45. The molecule has 0 aromatic carbocycles. The number of hydrogen-bond donors (Lipinski definition) is 3. The van der Waals surface area contributed by atoms with Crippen molar-refractivity contribution in [1.82, 2.24) is 9.78 Å².